The third kappa shape index (κ3) is 1.54. The van der Waals surface area contributed by atoms with E-state index in [1.165, 1.54) is 5.56 Å². The third-order valence-electron chi connectivity index (χ3n) is 3.60. The van der Waals surface area contributed by atoms with Crippen molar-refractivity contribution < 1.29 is 4.39 Å². The predicted octanol–water partition coefficient (Wildman–Crippen LogP) is 3.26. The van der Waals surface area contributed by atoms with E-state index in [4.69, 9.17) is 12.2 Å². The lowest BCUT2D eigenvalue weighted by molar-refractivity contribution is 0.627. The number of thiocarbonyl (C=S) groups is 1. The van der Waals surface area contributed by atoms with E-state index in [0.29, 0.717) is 10.7 Å². The van der Waals surface area contributed by atoms with Crippen LogP contribution in [0.4, 0.5) is 15.8 Å². The van der Waals surface area contributed by atoms with Crippen molar-refractivity contribution >= 4 is 28.6 Å². The average molecular weight is 250 g/mol. The van der Waals surface area contributed by atoms with Crippen LogP contribution in [-0.2, 0) is 12.8 Å². The SMILES string of the molecule is CC1(C)Nc2c3c(cc(F)c2NC1=S)CCC3. The smallest absolute Gasteiger partial charge is 0.149 e. The molecule has 2 nitrogen and oxygen atoms in total. The van der Waals surface area contributed by atoms with Crippen molar-refractivity contribution in [1.82, 2.24) is 0 Å². The molecule has 90 valence electrons. The van der Waals surface area contributed by atoms with Gasteiger partial charge in [-0.15, -0.1) is 0 Å². The molecule has 0 fully saturated rings. The van der Waals surface area contributed by atoms with E-state index >= 15 is 0 Å². The minimum Gasteiger partial charge on any atom is -0.372 e. The van der Waals surface area contributed by atoms with E-state index in [0.717, 1.165) is 30.5 Å². The highest BCUT2D eigenvalue weighted by molar-refractivity contribution is 7.80. The Bertz CT molecular complexity index is 523. The molecule has 0 saturated carbocycles. The van der Waals surface area contributed by atoms with Crippen LogP contribution in [0, 0.1) is 5.82 Å². The highest BCUT2D eigenvalue weighted by Gasteiger charge is 2.34. The van der Waals surface area contributed by atoms with Gasteiger partial charge in [-0.25, -0.2) is 4.39 Å². The molecule has 3 rings (SSSR count). The molecule has 1 heterocycles. The summed E-state index contributed by atoms with van der Waals surface area (Å²) >= 11 is 5.27. The molecule has 0 aromatic heterocycles. The van der Waals surface area contributed by atoms with Crippen molar-refractivity contribution in [1.29, 1.82) is 0 Å². The summed E-state index contributed by atoms with van der Waals surface area (Å²) in [4.78, 5) is 0.641. The van der Waals surface area contributed by atoms with Crippen molar-refractivity contribution in [3.05, 3.63) is 23.0 Å². The quantitative estimate of drug-likeness (QED) is 0.691. The predicted molar refractivity (Wildman–Crippen MR) is 72.3 cm³/mol. The Morgan fingerprint density at radius 1 is 1.29 bits per heavy atom. The topological polar surface area (TPSA) is 24.1 Å². The van der Waals surface area contributed by atoms with Crippen molar-refractivity contribution in [2.75, 3.05) is 10.6 Å². The highest BCUT2D eigenvalue weighted by Crippen LogP contribution is 2.41. The Hall–Kier alpha value is -1.16. The van der Waals surface area contributed by atoms with Crippen LogP contribution in [0.2, 0.25) is 0 Å². The maximum absolute atomic E-state index is 14.0. The summed E-state index contributed by atoms with van der Waals surface area (Å²) in [5.41, 5.74) is 3.52. The van der Waals surface area contributed by atoms with Crippen LogP contribution in [-0.4, -0.2) is 10.5 Å². The molecule has 0 atom stereocenters. The van der Waals surface area contributed by atoms with Crippen molar-refractivity contribution in [2.24, 2.45) is 0 Å². The number of rotatable bonds is 0. The standard InChI is InChI=1S/C13H15FN2S/c1-13(2)12(17)15-11-9(14)6-7-4-3-5-8(7)10(11)16-13/h6,16H,3-5H2,1-2H3,(H,15,17). The molecule has 0 amide bonds. The number of aryl methyl sites for hydroxylation is 1. The van der Waals surface area contributed by atoms with Gasteiger partial charge in [-0.1, -0.05) is 12.2 Å². The maximum Gasteiger partial charge on any atom is 0.149 e. The number of fused-ring (bicyclic) bond motifs is 3. The third-order valence-corrected chi connectivity index (χ3v) is 4.21. The van der Waals surface area contributed by atoms with Gasteiger partial charge in [-0.3, -0.25) is 0 Å². The van der Waals surface area contributed by atoms with Gasteiger partial charge in [0.2, 0.25) is 0 Å². The lowest BCUT2D eigenvalue weighted by Gasteiger charge is -2.36. The van der Waals surface area contributed by atoms with Gasteiger partial charge < -0.3 is 10.6 Å². The van der Waals surface area contributed by atoms with E-state index in [2.05, 4.69) is 10.6 Å². The van der Waals surface area contributed by atoms with Crippen LogP contribution in [0.1, 0.15) is 31.4 Å². The summed E-state index contributed by atoms with van der Waals surface area (Å²) in [6.45, 7) is 4.02. The summed E-state index contributed by atoms with van der Waals surface area (Å²) < 4.78 is 14.0. The van der Waals surface area contributed by atoms with Gasteiger partial charge in [0.15, 0.2) is 0 Å². The van der Waals surface area contributed by atoms with Gasteiger partial charge in [0.05, 0.1) is 16.9 Å². The zero-order valence-corrected chi connectivity index (χ0v) is 10.8. The van der Waals surface area contributed by atoms with Gasteiger partial charge in [0.1, 0.15) is 10.8 Å². The van der Waals surface area contributed by atoms with Gasteiger partial charge in [0, 0.05) is 0 Å². The number of halogens is 1. The summed E-state index contributed by atoms with van der Waals surface area (Å²) in [6, 6.07) is 1.65. The molecule has 0 radical (unpaired) electrons. The second kappa shape index (κ2) is 3.42. The first-order chi connectivity index (χ1) is 7.99. The molecule has 17 heavy (non-hydrogen) atoms. The number of hydrogen-bond donors (Lipinski definition) is 2. The Labute approximate surface area is 106 Å². The maximum atomic E-state index is 14.0. The molecule has 2 aliphatic rings. The molecule has 0 unspecified atom stereocenters. The lowest BCUT2D eigenvalue weighted by Crippen LogP contribution is -2.47. The van der Waals surface area contributed by atoms with E-state index in [1.807, 2.05) is 13.8 Å². The lowest BCUT2D eigenvalue weighted by atomic mass is 9.97. The highest BCUT2D eigenvalue weighted by atomic mass is 32.1. The summed E-state index contributed by atoms with van der Waals surface area (Å²) in [5.74, 6) is -0.203. The first-order valence-corrected chi connectivity index (χ1v) is 6.34. The zero-order chi connectivity index (χ0) is 12.2. The van der Waals surface area contributed by atoms with Gasteiger partial charge in [0.25, 0.3) is 0 Å². The monoisotopic (exact) mass is 250 g/mol. The largest absolute Gasteiger partial charge is 0.372 e. The second-order valence-corrected chi connectivity index (χ2v) is 5.71. The molecule has 0 saturated heterocycles. The molecular weight excluding hydrogens is 235 g/mol. The summed E-state index contributed by atoms with van der Waals surface area (Å²) in [5, 5.41) is 6.43. The Morgan fingerprint density at radius 2 is 2.06 bits per heavy atom. The Kier molecular flexibility index (Phi) is 2.20. The first kappa shape index (κ1) is 11.0. The second-order valence-electron chi connectivity index (χ2n) is 5.30. The van der Waals surface area contributed by atoms with E-state index < -0.39 is 0 Å². The minimum absolute atomic E-state index is 0.203. The van der Waals surface area contributed by atoms with Crippen molar-refractivity contribution in [3.63, 3.8) is 0 Å². The molecule has 0 spiro atoms. The fraction of sp³-hybridized carbons (Fsp3) is 0.462. The van der Waals surface area contributed by atoms with E-state index in [-0.39, 0.29) is 11.4 Å². The number of hydrogen-bond acceptors (Lipinski definition) is 2. The van der Waals surface area contributed by atoms with Crippen LogP contribution >= 0.6 is 12.2 Å². The zero-order valence-electron chi connectivity index (χ0n) is 9.98. The average Bonchev–Trinajstić information content (AvgIpc) is 2.69. The van der Waals surface area contributed by atoms with E-state index in [1.54, 1.807) is 6.07 Å². The van der Waals surface area contributed by atoms with Gasteiger partial charge in [-0.2, -0.15) is 0 Å². The van der Waals surface area contributed by atoms with Crippen molar-refractivity contribution in [2.45, 2.75) is 38.6 Å². The summed E-state index contributed by atoms with van der Waals surface area (Å²) in [7, 11) is 0. The van der Waals surface area contributed by atoms with Crippen LogP contribution in [0.15, 0.2) is 6.07 Å². The van der Waals surface area contributed by atoms with Crippen molar-refractivity contribution in [3.8, 4) is 0 Å². The minimum atomic E-state index is -0.313. The molecule has 0 bridgehead atoms. The molecule has 1 aliphatic heterocycles. The van der Waals surface area contributed by atoms with Crippen LogP contribution in [0.5, 0.6) is 0 Å². The number of nitrogens with one attached hydrogen (secondary N) is 2. The van der Waals surface area contributed by atoms with Gasteiger partial charge in [-0.05, 0) is 50.3 Å². The van der Waals surface area contributed by atoms with Crippen LogP contribution in [0.25, 0.3) is 0 Å². The fourth-order valence-electron chi connectivity index (χ4n) is 2.61. The Balaban J connectivity index is 2.20. The Morgan fingerprint density at radius 3 is 2.82 bits per heavy atom. The number of anilines is 2. The molecule has 1 aromatic rings. The molecule has 4 heteroatoms. The molecule has 1 aliphatic carbocycles. The molecule has 2 N–H and O–H groups in total. The molecular formula is C13H15FN2S. The number of benzene rings is 1. The first-order valence-electron chi connectivity index (χ1n) is 5.93. The van der Waals surface area contributed by atoms with E-state index in [9.17, 15) is 4.39 Å². The van der Waals surface area contributed by atoms with Gasteiger partial charge >= 0.3 is 0 Å². The normalized spacial score (nSPS) is 20.3. The fourth-order valence-corrected chi connectivity index (χ4v) is 2.76. The molecule has 1 aromatic carbocycles. The van der Waals surface area contributed by atoms with Crippen LogP contribution in [0.3, 0.4) is 0 Å². The van der Waals surface area contributed by atoms with Crippen LogP contribution < -0.4 is 10.6 Å². The summed E-state index contributed by atoms with van der Waals surface area (Å²) in [6.07, 6.45) is 3.11.